The molecule has 0 fully saturated rings. The first-order valence-corrected chi connectivity index (χ1v) is 9.76. The zero-order valence-corrected chi connectivity index (χ0v) is 17.8. The van der Waals surface area contributed by atoms with Gasteiger partial charge in [0, 0.05) is 17.9 Å². The number of hydrogen-bond acceptors (Lipinski definition) is 6. The van der Waals surface area contributed by atoms with Crippen LogP contribution in [0.25, 0.3) is 0 Å². The van der Waals surface area contributed by atoms with Crippen LogP contribution in [-0.4, -0.2) is 39.8 Å². The Hall–Kier alpha value is -3.26. The van der Waals surface area contributed by atoms with Gasteiger partial charge in [-0.3, -0.25) is 9.69 Å². The molecule has 4 rings (SSSR count). The number of carbonyl (C=O) groups is 2. The molecule has 0 aromatic heterocycles. The van der Waals surface area contributed by atoms with E-state index in [2.05, 4.69) is 0 Å². The van der Waals surface area contributed by atoms with Crippen molar-refractivity contribution in [3.8, 4) is 17.2 Å². The molecule has 0 spiro atoms. The predicted octanol–water partition coefficient (Wildman–Crippen LogP) is 3.84. The number of methoxy groups -OCH3 is 3. The number of benzene rings is 2. The van der Waals surface area contributed by atoms with Crippen LogP contribution in [0.15, 0.2) is 41.6 Å². The number of rotatable bonds is 5. The summed E-state index contributed by atoms with van der Waals surface area (Å²) in [6, 6.07) is 7.38. The lowest BCUT2D eigenvalue weighted by molar-refractivity contribution is -0.136. The van der Waals surface area contributed by atoms with Crippen LogP contribution >= 0.6 is 11.6 Å². The van der Waals surface area contributed by atoms with E-state index >= 15 is 0 Å². The van der Waals surface area contributed by atoms with Gasteiger partial charge in [0.2, 0.25) is 11.7 Å². The van der Waals surface area contributed by atoms with Crippen molar-refractivity contribution in [1.82, 2.24) is 0 Å². The number of ether oxygens (including phenoxy) is 4. The van der Waals surface area contributed by atoms with Crippen LogP contribution in [0.1, 0.15) is 17.9 Å². The highest BCUT2D eigenvalue weighted by Crippen LogP contribution is 2.49. The minimum absolute atomic E-state index is 0.0330. The van der Waals surface area contributed by atoms with E-state index in [-0.39, 0.29) is 24.0 Å². The molecule has 0 aliphatic carbocycles. The van der Waals surface area contributed by atoms with Gasteiger partial charge in [0.25, 0.3) is 0 Å². The lowest BCUT2D eigenvalue weighted by Crippen LogP contribution is -2.37. The summed E-state index contributed by atoms with van der Waals surface area (Å²) >= 11 is 5.91. The number of nitrogens with zero attached hydrogens (tertiary/aromatic N) is 1. The highest BCUT2D eigenvalue weighted by Gasteiger charge is 2.44. The monoisotopic (exact) mass is 447 g/mol. The summed E-state index contributed by atoms with van der Waals surface area (Å²) in [4.78, 5) is 27.2. The van der Waals surface area contributed by atoms with Crippen LogP contribution in [0.4, 0.5) is 10.1 Å². The molecule has 2 heterocycles. The molecule has 2 aromatic carbocycles. The minimum atomic E-state index is -0.612. The van der Waals surface area contributed by atoms with Crippen LogP contribution in [0.5, 0.6) is 17.2 Å². The molecule has 0 saturated carbocycles. The van der Waals surface area contributed by atoms with E-state index in [1.807, 2.05) is 0 Å². The van der Waals surface area contributed by atoms with Crippen molar-refractivity contribution in [2.75, 3.05) is 32.8 Å². The van der Waals surface area contributed by atoms with Gasteiger partial charge < -0.3 is 18.9 Å². The summed E-state index contributed by atoms with van der Waals surface area (Å²) < 4.78 is 35.2. The summed E-state index contributed by atoms with van der Waals surface area (Å²) in [5.74, 6) is -0.851. The van der Waals surface area contributed by atoms with Crippen molar-refractivity contribution < 1.29 is 32.9 Å². The largest absolute Gasteiger partial charge is 0.493 e. The van der Waals surface area contributed by atoms with Crippen LogP contribution < -0.4 is 19.1 Å². The Morgan fingerprint density at radius 1 is 1.06 bits per heavy atom. The molecular weight excluding hydrogens is 429 g/mol. The molecule has 2 aliphatic heterocycles. The molecule has 31 heavy (non-hydrogen) atoms. The molecule has 7 nitrogen and oxygen atoms in total. The Morgan fingerprint density at radius 3 is 2.45 bits per heavy atom. The maximum atomic E-state index is 13.6. The molecule has 1 amide bonds. The first kappa shape index (κ1) is 21.0. The van der Waals surface area contributed by atoms with Crippen molar-refractivity contribution in [2.45, 2.75) is 12.3 Å². The topological polar surface area (TPSA) is 74.3 Å². The number of anilines is 1. The molecule has 2 aromatic rings. The smallest absolute Gasteiger partial charge is 0.336 e. The molecular formula is C22H19ClFNO6. The summed E-state index contributed by atoms with van der Waals surface area (Å²) in [6.45, 7) is -0.0823. The van der Waals surface area contributed by atoms with Crippen molar-refractivity contribution in [3.63, 3.8) is 0 Å². The average Bonchev–Trinajstić information content (AvgIpc) is 3.15. The maximum absolute atomic E-state index is 13.6. The Morgan fingerprint density at radius 2 is 1.81 bits per heavy atom. The Balaban J connectivity index is 1.87. The summed E-state index contributed by atoms with van der Waals surface area (Å²) in [6.07, 6.45) is -0.0330. The van der Waals surface area contributed by atoms with Crippen LogP contribution in [0.2, 0.25) is 5.02 Å². The highest BCUT2D eigenvalue weighted by molar-refractivity contribution is 6.31. The normalized spacial score (nSPS) is 18.1. The zero-order chi connectivity index (χ0) is 22.3. The SMILES string of the molecule is COc1ccc([C@H]2CC(=O)N(c3ccc(F)c(Cl)c3)C3=C2C(=O)OC3)c(OC)c1OC. The summed E-state index contributed by atoms with van der Waals surface area (Å²) in [5.41, 5.74) is 1.69. The van der Waals surface area contributed by atoms with E-state index in [1.165, 1.54) is 44.4 Å². The van der Waals surface area contributed by atoms with Gasteiger partial charge in [-0.15, -0.1) is 0 Å². The van der Waals surface area contributed by atoms with Gasteiger partial charge in [-0.1, -0.05) is 17.7 Å². The third kappa shape index (κ3) is 3.37. The standard InChI is InChI=1S/C22H19ClFNO6/c1-28-17-7-5-12(20(29-2)21(17)30-3)13-9-18(26)25(16-10-31-22(27)19(13)16)11-4-6-15(24)14(23)8-11/h4-8,13H,9-10H2,1-3H3/t13-/m1/s1. The Kier molecular flexibility index (Phi) is 5.49. The number of carbonyl (C=O) groups excluding carboxylic acids is 2. The lowest BCUT2D eigenvalue weighted by Gasteiger charge is -2.32. The zero-order valence-electron chi connectivity index (χ0n) is 17.0. The molecule has 0 bridgehead atoms. The molecule has 0 unspecified atom stereocenters. The third-order valence-electron chi connectivity index (χ3n) is 5.39. The van der Waals surface area contributed by atoms with Crippen molar-refractivity contribution >= 4 is 29.2 Å². The summed E-state index contributed by atoms with van der Waals surface area (Å²) in [5, 5.41) is -0.124. The number of esters is 1. The van der Waals surface area contributed by atoms with Gasteiger partial charge in [-0.2, -0.15) is 0 Å². The van der Waals surface area contributed by atoms with E-state index in [0.29, 0.717) is 39.8 Å². The molecule has 0 radical (unpaired) electrons. The third-order valence-corrected chi connectivity index (χ3v) is 5.68. The second-order valence-corrected chi connectivity index (χ2v) is 7.35. The average molecular weight is 448 g/mol. The van der Waals surface area contributed by atoms with Crippen molar-refractivity contribution in [1.29, 1.82) is 0 Å². The maximum Gasteiger partial charge on any atom is 0.336 e. The predicted molar refractivity (Wildman–Crippen MR) is 110 cm³/mol. The first-order valence-electron chi connectivity index (χ1n) is 9.38. The van der Waals surface area contributed by atoms with E-state index in [9.17, 15) is 14.0 Å². The first-order chi connectivity index (χ1) is 14.9. The fourth-order valence-electron chi connectivity index (χ4n) is 4.04. The van der Waals surface area contributed by atoms with Crippen LogP contribution in [0.3, 0.4) is 0 Å². The van der Waals surface area contributed by atoms with Gasteiger partial charge in [0.15, 0.2) is 11.5 Å². The quantitative estimate of drug-likeness (QED) is 0.648. The van der Waals surface area contributed by atoms with E-state index in [0.717, 1.165) is 0 Å². The highest BCUT2D eigenvalue weighted by atomic mass is 35.5. The van der Waals surface area contributed by atoms with E-state index in [1.54, 1.807) is 12.1 Å². The molecule has 162 valence electrons. The minimum Gasteiger partial charge on any atom is -0.493 e. The van der Waals surface area contributed by atoms with Gasteiger partial charge in [0.1, 0.15) is 12.4 Å². The Bertz CT molecular complexity index is 1120. The number of halogens is 2. The second-order valence-electron chi connectivity index (χ2n) is 6.94. The van der Waals surface area contributed by atoms with Gasteiger partial charge in [0.05, 0.1) is 43.3 Å². The number of cyclic esters (lactones) is 1. The fraction of sp³-hybridized carbons (Fsp3) is 0.273. The molecule has 0 N–H and O–H groups in total. The van der Waals surface area contributed by atoms with Crippen LogP contribution in [0, 0.1) is 5.82 Å². The second kappa shape index (κ2) is 8.11. The number of amides is 1. The van der Waals surface area contributed by atoms with Crippen molar-refractivity contribution in [3.05, 3.63) is 58.0 Å². The molecule has 9 heteroatoms. The Labute approximate surface area is 182 Å². The molecule has 0 saturated heterocycles. The molecule has 2 aliphatic rings. The van der Waals surface area contributed by atoms with Gasteiger partial charge >= 0.3 is 5.97 Å². The van der Waals surface area contributed by atoms with Gasteiger partial charge in [-0.25, -0.2) is 9.18 Å². The van der Waals surface area contributed by atoms with Gasteiger partial charge in [-0.05, 0) is 24.3 Å². The molecule has 1 atom stereocenters. The number of hydrogen-bond donors (Lipinski definition) is 0. The van der Waals surface area contributed by atoms with E-state index < -0.39 is 17.7 Å². The van der Waals surface area contributed by atoms with Crippen molar-refractivity contribution in [2.24, 2.45) is 0 Å². The lowest BCUT2D eigenvalue weighted by atomic mass is 9.83. The van der Waals surface area contributed by atoms with E-state index in [4.69, 9.17) is 30.5 Å². The van der Waals surface area contributed by atoms with Crippen LogP contribution in [-0.2, 0) is 14.3 Å². The fourth-order valence-corrected chi connectivity index (χ4v) is 4.22. The summed E-state index contributed by atoms with van der Waals surface area (Å²) in [7, 11) is 4.45.